The van der Waals surface area contributed by atoms with E-state index in [0.29, 0.717) is 0 Å². The number of benzene rings is 4. The SMILES string of the molecule is Cc1cc(C)cc(C(c2ccccc2P(c2ccccc2)c2ccccc2)N(C)S(=O)C(C)(C)C)c1. The van der Waals surface area contributed by atoms with E-state index in [4.69, 9.17) is 0 Å². The van der Waals surface area contributed by atoms with E-state index in [9.17, 15) is 4.21 Å². The predicted octanol–water partition coefficient (Wildman–Crippen LogP) is 6.55. The summed E-state index contributed by atoms with van der Waals surface area (Å²) < 4.78 is 15.5. The Morgan fingerprint density at radius 1 is 0.722 bits per heavy atom. The first-order valence-corrected chi connectivity index (χ1v) is 14.8. The van der Waals surface area contributed by atoms with E-state index in [1.54, 1.807) is 0 Å². The fourth-order valence-corrected chi connectivity index (χ4v) is 8.56. The van der Waals surface area contributed by atoms with Crippen LogP contribution in [0.15, 0.2) is 103 Å². The smallest absolute Gasteiger partial charge is 0.100 e. The molecule has 0 amide bonds. The molecule has 0 aliphatic rings. The van der Waals surface area contributed by atoms with Crippen molar-refractivity contribution in [3.63, 3.8) is 0 Å². The molecular formula is C32H36NOPS. The fraction of sp³-hybridized carbons (Fsp3) is 0.250. The van der Waals surface area contributed by atoms with Crippen LogP contribution in [0.25, 0.3) is 0 Å². The lowest BCUT2D eigenvalue weighted by Gasteiger charge is -2.35. The molecule has 0 bridgehead atoms. The summed E-state index contributed by atoms with van der Waals surface area (Å²) in [7, 11) is 0.00872. The third-order valence-corrected chi connectivity index (χ3v) is 10.5. The van der Waals surface area contributed by atoms with Crippen molar-refractivity contribution >= 4 is 34.8 Å². The third kappa shape index (κ3) is 5.86. The predicted molar refractivity (Wildman–Crippen MR) is 159 cm³/mol. The summed E-state index contributed by atoms with van der Waals surface area (Å²) in [4.78, 5) is 0. The molecule has 0 N–H and O–H groups in total. The van der Waals surface area contributed by atoms with Crippen LogP contribution >= 0.6 is 7.92 Å². The highest BCUT2D eigenvalue weighted by molar-refractivity contribution is 7.84. The summed E-state index contributed by atoms with van der Waals surface area (Å²) in [6.45, 7) is 10.4. The van der Waals surface area contributed by atoms with Crippen molar-refractivity contribution in [3.8, 4) is 0 Å². The van der Waals surface area contributed by atoms with Crippen molar-refractivity contribution in [1.29, 1.82) is 0 Å². The molecule has 0 fully saturated rings. The van der Waals surface area contributed by atoms with Crippen molar-refractivity contribution in [2.45, 2.75) is 45.4 Å². The Labute approximate surface area is 220 Å². The summed E-state index contributed by atoms with van der Waals surface area (Å²) in [5.41, 5.74) is 4.82. The van der Waals surface area contributed by atoms with E-state index in [1.165, 1.54) is 38.2 Å². The molecule has 4 heteroatoms. The minimum Gasteiger partial charge on any atom is -0.242 e. The molecule has 0 saturated carbocycles. The van der Waals surface area contributed by atoms with E-state index < -0.39 is 18.9 Å². The van der Waals surface area contributed by atoms with Gasteiger partial charge in [0.05, 0.1) is 10.8 Å². The Morgan fingerprint density at radius 3 is 1.69 bits per heavy atom. The highest BCUT2D eigenvalue weighted by atomic mass is 32.2. The number of nitrogens with zero attached hydrogens (tertiary/aromatic N) is 1. The van der Waals surface area contributed by atoms with Crippen LogP contribution in [0.2, 0.25) is 0 Å². The summed E-state index contributed by atoms with van der Waals surface area (Å²) in [6.07, 6.45) is 0. The van der Waals surface area contributed by atoms with Crippen LogP contribution in [-0.2, 0) is 11.0 Å². The van der Waals surface area contributed by atoms with Gasteiger partial charge in [0.1, 0.15) is 11.0 Å². The molecule has 0 spiro atoms. The molecule has 0 radical (unpaired) electrons. The van der Waals surface area contributed by atoms with Crippen molar-refractivity contribution < 1.29 is 4.21 Å². The Bertz CT molecular complexity index is 1270. The van der Waals surface area contributed by atoms with Crippen LogP contribution in [-0.4, -0.2) is 20.3 Å². The highest BCUT2D eigenvalue weighted by Gasteiger charge is 2.33. The molecule has 0 aliphatic heterocycles. The van der Waals surface area contributed by atoms with Crippen LogP contribution < -0.4 is 15.9 Å². The lowest BCUT2D eigenvalue weighted by molar-refractivity contribution is 0.441. The normalized spacial score (nSPS) is 13.7. The number of hydrogen-bond donors (Lipinski definition) is 0. The summed E-state index contributed by atoms with van der Waals surface area (Å²) in [5, 5.41) is 3.92. The van der Waals surface area contributed by atoms with Gasteiger partial charge in [0, 0.05) is 7.05 Å². The van der Waals surface area contributed by atoms with Crippen LogP contribution in [0.1, 0.15) is 49.1 Å². The van der Waals surface area contributed by atoms with Crippen LogP contribution in [0.5, 0.6) is 0 Å². The molecule has 2 unspecified atom stereocenters. The van der Waals surface area contributed by atoms with Gasteiger partial charge >= 0.3 is 0 Å². The quantitative estimate of drug-likeness (QED) is 0.257. The van der Waals surface area contributed by atoms with Gasteiger partial charge in [-0.1, -0.05) is 114 Å². The average molecular weight is 514 g/mol. The zero-order chi connectivity index (χ0) is 25.9. The van der Waals surface area contributed by atoms with Crippen LogP contribution in [0.4, 0.5) is 0 Å². The number of rotatable bonds is 7. The maximum Gasteiger partial charge on any atom is 0.100 e. The van der Waals surface area contributed by atoms with E-state index in [1.807, 2.05) is 27.8 Å². The van der Waals surface area contributed by atoms with E-state index in [2.05, 4.69) is 121 Å². The summed E-state index contributed by atoms with van der Waals surface area (Å²) in [6, 6.07) is 36.9. The molecule has 2 nitrogen and oxygen atoms in total. The second kappa shape index (κ2) is 11.2. The zero-order valence-corrected chi connectivity index (χ0v) is 23.8. The van der Waals surface area contributed by atoms with Gasteiger partial charge in [-0.25, -0.2) is 8.51 Å². The largest absolute Gasteiger partial charge is 0.242 e. The molecule has 0 heterocycles. The number of hydrogen-bond acceptors (Lipinski definition) is 1. The average Bonchev–Trinajstić information content (AvgIpc) is 2.85. The van der Waals surface area contributed by atoms with Gasteiger partial charge in [0.15, 0.2) is 0 Å². The second-order valence-electron chi connectivity index (χ2n) is 10.3. The Morgan fingerprint density at radius 2 is 1.19 bits per heavy atom. The maximum atomic E-state index is 13.8. The van der Waals surface area contributed by atoms with Gasteiger partial charge in [-0.2, -0.15) is 0 Å². The van der Waals surface area contributed by atoms with Crippen molar-refractivity contribution in [1.82, 2.24) is 4.31 Å². The highest BCUT2D eigenvalue weighted by Crippen LogP contribution is 2.39. The molecular weight excluding hydrogens is 477 g/mol. The van der Waals surface area contributed by atoms with Gasteiger partial charge in [-0.05, 0) is 69.6 Å². The molecule has 4 aromatic rings. The summed E-state index contributed by atoms with van der Waals surface area (Å²) >= 11 is 0. The molecule has 0 aromatic heterocycles. The van der Waals surface area contributed by atoms with Crippen LogP contribution in [0.3, 0.4) is 0 Å². The Hall–Kier alpha value is -2.58. The lowest BCUT2D eigenvalue weighted by Crippen LogP contribution is -2.39. The Kier molecular flexibility index (Phi) is 8.25. The van der Waals surface area contributed by atoms with Crippen molar-refractivity contribution in [2.75, 3.05) is 7.05 Å². The molecule has 0 aliphatic carbocycles. The second-order valence-corrected chi connectivity index (χ2v) is 14.8. The topological polar surface area (TPSA) is 20.3 Å². The van der Waals surface area contributed by atoms with Gasteiger partial charge in [-0.15, -0.1) is 0 Å². The van der Waals surface area contributed by atoms with E-state index in [-0.39, 0.29) is 10.8 Å². The lowest BCUT2D eigenvalue weighted by atomic mass is 9.95. The van der Waals surface area contributed by atoms with Crippen LogP contribution in [0, 0.1) is 13.8 Å². The monoisotopic (exact) mass is 513 g/mol. The molecule has 0 saturated heterocycles. The molecule has 36 heavy (non-hydrogen) atoms. The molecule has 4 rings (SSSR count). The first kappa shape index (κ1) is 26.5. The van der Waals surface area contributed by atoms with E-state index in [0.717, 1.165) is 0 Å². The Balaban J connectivity index is 1.98. The number of aryl methyl sites for hydroxylation is 2. The standard InChI is InChI=1S/C32H36NOPS/c1-24-21-25(2)23-26(22-24)31(33(6)36(34)32(3,4)5)29-19-13-14-20-30(29)35(27-15-9-7-10-16-27)28-17-11-8-12-18-28/h7-23,31H,1-6H3. The zero-order valence-electron chi connectivity index (χ0n) is 22.1. The molecule has 2 atom stereocenters. The first-order valence-electron chi connectivity index (χ1n) is 12.4. The maximum absolute atomic E-state index is 13.8. The van der Waals surface area contributed by atoms with Crippen molar-refractivity contribution in [3.05, 3.63) is 125 Å². The molecule has 186 valence electrons. The third-order valence-electron chi connectivity index (χ3n) is 6.21. The fourth-order valence-electron chi connectivity index (χ4n) is 4.78. The summed E-state index contributed by atoms with van der Waals surface area (Å²) in [5.74, 6) is 0. The van der Waals surface area contributed by atoms with Gasteiger partial charge in [0.2, 0.25) is 0 Å². The minimum absolute atomic E-state index is 0.141. The first-order chi connectivity index (χ1) is 17.2. The van der Waals surface area contributed by atoms with Gasteiger partial charge < -0.3 is 0 Å². The van der Waals surface area contributed by atoms with Gasteiger partial charge in [-0.3, -0.25) is 0 Å². The van der Waals surface area contributed by atoms with Crippen molar-refractivity contribution in [2.24, 2.45) is 0 Å². The van der Waals surface area contributed by atoms with E-state index >= 15 is 0 Å². The molecule has 4 aromatic carbocycles. The van der Waals surface area contributed by atoms with Gasteiger partial charge in [0.25, 0.3) is 0 Å². The minimum atomic E-state index is -1.20.